The Morgan fingerprint density at radius 2 is 2.06 bits per heavy atom. The number of rotatable bonds is 4. The molecule has 0 radical (unpaired) electrons. The van der Waals surface area contributed by atoms with E-state index in [0.717, 1.165) is 48.4 Å². The number of aromatic nitrogens is 3. The van der Waals surface area contributed by atoms with Crippen LogP contribution in [0.25, 0.3) is 16.9 Å². The molecule has 0 aliphatic heterocycles. The van der Waals surface area contributed by atoms with Gasteiger partial charge < -0.3 is 10.1 Å². The topological polar surface area (TPSA) is 92.3 Å². The van der Waals surface area contributed by atoms with E-state index in [0.29, 0.717) is 26.4 Å². The lowest BCUT2D eigenvalue weighted by Gasteiger charge is -2.12. The highest BCUT2D eigenvalue weighted by Gasteiger charge is 2.36. The highest BCUT2D eigenvalue weighted by Crippen LogP contribution is 2.38. The second-order valence-corrected chi connectivity index (χ2v) is 9.14. The number of hydrogen-bond acceptors (Lipinski definition) is 6. The molecule has 178 valence electrons. The fourth-order valence-corrected chi connectivity index (χ4v) is 5.43. The fraction of sp³-hybridized carbons (Fsp3) is 0.250. The van der Waals surface area contributed by atoms with Gasteiger partial charge in [-0.2, -0.15) is 23.5 Å². The quantitative estimate of drug-likeness (QED) is 0.403. The summed E-state index contributed by atoms with van der Waals surface area (Å²) in [5.74, 6) is -0.228. The Bertz CT molecular complexity index is 1500. The van der Waals surface area contributed by atoms with Crippen molar-refractivity contribution in [1.82, 2.24) is 14.6 Å². The number of alkyl halides is 3. The molecule has 0 saturated heterocycles. The lowest BCUT2D eigenvalue weighted by Crippen LogP contribution is -2.16. The van der Waals surface area contributed by atoms with E-state index in [4.69, 9.17) is 4.74 Å². The first-order valence-corrected chi connectivity index (χ1v) is 11.6. The van der Waals surface area contributed by atoms with Gasteiger partial charge in [-0.3, -0.25) is 4.79 Å². The average molecular weight is 498 g/mol. The summed E-state index contributed by atoms with van der Waals surface area (Å²) >= 11 is 1.33. The third-order valence-corrected chi connectivity index (χ3v) is 7.09. The molecule has 7 nitrogen and oxygen atoms in total. The van der Waals surface area contributed by atoms with Crippen molar-refractivity contribution in [3.8, 4) is 23.1 Å². The van der Waals surface area contributed by atoms with Gasteiger partial charge in [-0.15, -0.1) is 11.3 Å². The van der Waals surface area contributed by atoms with Crippen LogP contribution < -0.4 is 10.1 Å². The maximum Gasteiger partial charge on any atom is 0.433 e. The summed E-state index contributed by atoms with van der Waals surface area (Å²) in [6.07, 6.45) is -0.103. The molecule has 11 heteroatoms. The molecule has 0 saturated carbocycles. The monoisotopic (exact) mass is 497 g/mol. The van der Waals surface area contributed by atoms with Crippen LogP contribution in [0.3, 0.4) is 0 Å². The van der Waals surface area contributed by atoms with Gasteiger partial charge in [0.2, 0.25) is 0 Å². The summed E-state index contributed by atoms with van der Waals surface area (Å²) in [5.41, 5.74) is 0.326. The molecular weight excluding hydrogens is 479 g/mol. The maximum absolute atomic E-state index is 13.9. The highest BCUT2D eigenvalue weighted by molar-refractivity contribution is 7.16. The fourth-order valence-electron chi connectivity index (χ4n) is 4.20. The number of carbonyl (C=O) groups excluding carboxylic acids is 1. The number of aryl methyl sites for hydroxylation is 1. The van der Waals surface area contributed by atoms with E-state index in [2.05, 4.69) is 21.5 Å². The Hall–Kier alpha value is -3.91. The summed E-state index contributed by atoms with van der Waals surface area (Å²) in [6.45, 7) is 0. The first kappa shape index (κ1) is 22.9. The Balaban J connectivity index is 1.60. The third-order valence-electron chi connectivity index (χ3n) is 5.88. The molecule has 0 spiro atoms. The zero-order chi connectivity index (χ0) is 24.7. The predicted octanol–water partition coefficient (Wildman–Crippen LogP) is 5.49. The molecular formula is C24H18F3N5O2S. The number of hydrogen-bond donors (Lipinski definition) is 1. The molecule has 1 N–H and O–H groups in total. The van der Waals surface area contributed by atoms with E-state index in [1.54, 1.807) is 24.3 Å². The SMILES string of the molecule is COc1cccc(-c2cc(C(F)(F)F)n3ncc(C(=O)Nc4sc5c(c4C#N)CCCC5)c3n2)c1. The second kappa shape index (κ2) is 8.70. The van der Waals surface area contributed by atoms with Crippen molar-refractivity contribution in [2.24, 2.45) is 0 Å². The number of fused-ring (bicyclic) bond motifs is 2. The standard InChI is InChI=1S/C24H18F3N5O2S/c1-34-14-6-4-5-13(9-14)18-10-20(24(25,26)27)32-21(30-18)17(12-29-32)22(33)31-23-16(11-28)15-7-2-3-8-19(15)35-23/h4-6,9-10,12H,2-3,7-8H2,1H3,(H,31,33). The number of methoxy groups -OCH3 is 1. The minimum Gasteiger partial charge on any atom is -0.497 e. The van der Waals surface area contributed by atoms with Gasteiger partial charge in [0, 0.05) is 10.4 Å². The van der Waals surface area contributed by atoms with E-state index in [-0.39, 0.29) is 16.9 Å². The largest absolute Gasteiger partial charge is 0.497 e. The number of nitriles is 1. The van der Waals surface area contributed by atoms with Gasteiger partial charge in [-0.05, 0) is 49.4 Å². The number of anilines is 1. The number of carbonyl (C=O) groups is 1. The van der Waals surface area contributed by atoms with Crippen LogP contribution in [0.5, 0.6) is 5.75 Å². The number of nitrogens with zero attached hydrogens (tertiary/aromatic N) is 4. The van der Waals surface area contributed by atoms with Crippen LogP contribution in [-0.2, 0) is 19.0 Å². The Kier molecular flexibility index (Phi) is 5.68. The average Bonchev–Trinajstić information content (AvgIpc) is 3.43. The maximum atomic E-state index is 13.9. The third kappa shape index (κ3) is 4.10. The lowest BCUT2D eigenvalue weighted by molar-refractivity contribution is -0.142. The van der Waals surface area contributed by atoms with E-state index in [9.17, 15) is 23.2 Å². The molecule has 4 aromatic rings. The van der Waals surface area contributed by atoms with Crippen molar-refractivity contribution in [2.75, 3.05) is 12.4 Å². The Labute approximate surface area is 201 Å². The van der Waals surface area contributed by atoms with E-state index < -0.39 is 17.8 Å². The van der Waals surface area contributed by atoms with Gasteiger partial charge in [0.05, 0.1) is 24.6 Å². The number of amides is 1. The second-order valence-electron chi connectivity index (χ2n) is 8.03. The lowest BCUT2D eigenvalue weighted by atomic mass is 9.96. The van der Waals surface area contributed by atoms with Crippen LogP contribution in [-0.4, -0.2) is 27.6 Å². The Morgan fingerprint density at radius 1 is 1.26 bits per heavy atom. The molecule has 1 aliphatic carbocycles. The molecule has 1 amide bonds. The summed E-state index contributed by atoms with van der Waals surface area (Å²) in [7, 11) is 1.45. The molecule has 0 bridgehead atoms. The predicted molar refractivity (Wildman–Crippen MR) is 124 cm³/mol. The molecule has 0 fully saturated rings. The summed E-state index contributed by atoms with van der Waals surface area (Å²) < 4.78 is 47.5. The molecule has 5 rings (SSSR count). The van der Waals surface area contributed by atoms with Crippen LogP contribution in [0.4, 0.5) is 18.2 Å². The zero-order valence-corrected chi connectivity index (χ0v) is 19.3. The van der Waals surface area contributed by atoms with Crippen LogP contribution >= 0.6 is 11.3 Å². The molecule has 3 heterocycles. The van der Waals surface area contributed by atoms with Gasteiger partial charge in [0.25, 0.3) is 5.91 Å². The summed E-state index contributed by atoms with van der Waals surface area (Å²) in [4.78, 5) is 18.6. The van der Waals surface area contributed by atoms with Crippen LogP contribution in [0.1, 0.15) is 44.9 Å². The number of benzene rings is 1. The molecule has 1 aromatic carbocycles. The van der Waals surface area contributed by atoms with E-state index in [1.807, 2.05) is 0 Å². The molecule has 1 aliphatic rings. The summed E-state index contributed by atoms with van der Waals surface area (Å²) in [5, 5.41) is 16.6. The normalized spacial score (nSPS) is 13.3. The first-order valence-electron chi connectivity index (χ1n) is 10.8. The van der Waals surface area contributed by atoms with Crippen molar-refractivity contribution >= 4 is 27.9 Å². The van der Waals surface area contributed by atoms with Gasteiger partial charge in [-0.1, -0.05) is 12.1 Å². The van der Waals surface area contributed by atoms with Crippen LogP contribution in [0.15, 0.2) is 36.5 Å². The number of thiophene rings is 1. The van der Waals surface area contributed by atoms with Gasteiger partial charge >= 0.3 is 6.18 Å². The van der Waals surface area contributed by atoms with Crippen molar-refractivity contribution in [3.05, 3.63) is 63.8 Å². The zero-order valence-electron chi connectivity index (χ0n) is 18.4. The number of nitrogens with one attached hydrogen (secondary N) is 1. The number of ether oxygens (including phenoxy) is 1. The van der Waals surface area contributed by atoms with E-state index in [1.165, 1.54) is 18.4 Å². The van der Waals surface area contributed by atoms with Gasteiger partial charge in [-0.25, -0.2) is 9.50 Å². The minimum absolute atomic E-state index is 0.0163. The molecule has 0 atom stereocenters. The molecule has 35 heavy (non-hydrogen) atoms. The minimum atomic E-state index is -4.74. The molecule has 0 unspecified atom stereocenters. The van der Waals surface area contributed by atoms with Gasteiger partial charge in [0.1, 0.15) is 22.4 Å². The van der Waals surface area contributed by atoms with Gasteiger partial charge in [0.15, 0.2) is 11.3 Å². The summed E-state index contributed by atoms with van der Waals surface area (Å²) in [6, 6.07) is 9.51. The van der Waals surface area contributed by atoms with Crippen molar-refractivity contribution in [3.63, 3.8) is 0 Å². The number of halogens is 3. The Morgan fingerprint density at radius 3 is 2.80 bits per heavy atom. The van der Waals surface area contributed by atoms with Crippen LogP contribution in [0, 0.1) is 11.3 Å². The van der Waals surface area contributed by atoms with Crippen LogP contribution in [0.2, 0.25) is 0 Å². The first-order chi connectivity index (χ1) is 16.8. The van der Waals surface area contributed by atoms with Crippen molar-refractivity contribution in [2.45, 2.75) is 31.9 Å². The van der Waals surface area contributed by atoms with Crippen molar-refractivity contribution in [1.29, 1.82) is 5.26 Å². The highest BCUT2D eigenvalue weighted by atomic mass is 32.1. The van der Waals surface area contributed by atoms with Crippen molar-refractivity contribution < 1.29 is 22.7 Å². The van der Waals surface area contributed by atoms with E-state index >= 15 is 0 Å². The molecule has 3 aromatic heterocycles. The smallest absolute Gasteiger partial charge is 0.433 e.